The van der Waals surface area contributed by atoms with Crippen molar-refractivity contribution < 1.29 is 9.90 Å². The molecule has 0 aliphatic heterocycles. The van der Waals surface area contributed by atoms with Crippen LogP contribution in [-0.4, -0.2) is 5.78 Å². The van der Waals surface area contributed by atoms with Gasteiger partial charge < -0.3 is 5.11 Å². The summed E-state index contributed by atoms with van der Waals surface area (Å²) in [6, 6.07) is 15.1. The maximum absolute atomic E-state index is 11.6. The monoisotopic (exact) mass is 301 g/mol. The summed E-state index contributed by atoms with van der Waals surface area (Å²) < 4.78 is 0. The number of aryl methyl sites for hydroxylation is 1. The fraction of sp³-hybridized carbons (Fsp3) is 0.0952. The second-order valence-corrected chi connectivity index (χ2v) is 5.69. The Morgan fingerprint density at radius 3 is 2.35 bits per heavy atom. The molecule has 1 aliphatic carbocycles. The molecule has 2 aromatic carbocycles. The first-order valence-corrected chi connectivity index (χ1v) is 7.54. The molecule has 0 heterocycles. The SMILES string of the molecule is CC1=CC(=O)C=C/C1=C(/c1ccccc1)c1ccc([O-])cc1C. The van der Waals surface area contributed by atoms with Gasteiger partial charge in [0.25, 0.3) is 0 Å². The van der Waals surface area contributed by atoms with Crippen LogP contribution in [0.3, 0.4) is 0 Å². The predicted molar refractivity (Wildman–Crippen MR) is 91.0 cm³/mol. The standard InChI is InChI=1S/C21H18O2/c1-14-12-17(22)8-10-19(14)21(16-6-4-3-5-7-16)20-11-9-18(23)13-15(20)2/h3-13,22H,1-2H3/p-1/b21-20+. The summed E-state index contributed by atoms with van der Waals surface area (Å²) in [7, 11) is 0. The van der Waals surface area contributed by atoms with Crippen LogP contribution < -0.4 is 5.11 Å². The normalized spacial score (nSPS) is 16.3. The number of rotatable bonds is 2. The summed E-state index contributed by atoms with van der Waals surface area (Å²) in [5.74, 6) is 0.00980. The topological polar surface area (TPSA) is 40.1 Å². The molecule has 0 radical (unpaired) electrons. The lowest BCUT2D eigenvalue weighted by molar-refractivity contribution is -0.268. The number of ketones is 1. The van der Waals surface area contributed by atoms with Gasteiger partial charge in [-0.05, 0) is 59.4 Å². The van der Waals surface area contributed by atoms with Crippen molar-refractivity contribution in [3.63, 3.8) is 0 Å². The summed E-state index contributed by atoms with van der Waals surface area (Å²) in [5.41, 5.74) is 6.00. The molecule has 0 saturated carbocycles. The van der Waals surface area contributed by atoms with E-state index in [0.29, 0.717) is 0 Å². The van der Waals surface area contributed by atoms with Crippen LogP contribution >= 0.6 is 0 Å². The maximum Gasteiger partial charge on any atom is 0.178 e. The highest BCUT2D eigenvalue weighted by molar-refractivity contribution is 6.04. The lowest BCUT2D eigenvalue weighted by Gasteiger charge is -2.19. The Morgan fingerprint density at radius 1 is 0.957 bits per heavy atom. The molecule has 3 rings (SSSR count). The first-order valence-electron chi connectivity index (χ1n) is 7.54. The Balaban J connectivity index is 2.30. The van der Waals surface area contributed by atoms with E-state index in [1.165, 1.54) is 0 Å². The van der Waals surface area contributed by atoms with E-state index in [1.807, 2.05) is 56.3 Å². The van der Waals surface area contributed by atoms with Crippen LogP contribution in [0.15, 0.2) is 77.9 Å². The zero-order valence-electron chi connectivity index (χ0n) is 13.2. The van der Waals surface area contributed by atoms with E-state index < -0.39 is 0 Å². The van der Waals surface area contributed by atoms with Crippen LogP contribution in [-0.2, 0) is 4.79 Å². The Labute approximate surface area is 136 Å². The van der Waals surface area contributed by atoms with Gasteiger partial charge in [0.15, 0.2) is 5.78 Å². The molecular weight excluding hydrogens is 284 g/mol. The average molecular weight is 301 g/mol. The van der Waals surface area contributed by atoms with Gasteiger partial charge >= 0.3 is 0 Å². The van der Waals surface area contributed by atoms with Crippen molar-refractivity contribution in [3.8, 4) is 5.75 Å². The lowest BCUT2D eigenvalue weighted by Crippen LogP contribution is -2.03. The average Bonchev–Trinajstić information content (AvgIpc) is 2.52. The van der Waals surface area contributed by atoms with Gasteiger partial charge in [-0.2, -0.15) is 0 Å². The smallest absolute Gasteiger partial charge is 0.178 e. The number of hydrogen-bond donors (Lipinski definition) is 0. The van der Waals surface area contributed by atoms with Gasteiger partial charge in [-0.1, -0.05) is 54.6 Å². The minimum absolute atomic E-state index is 0.00490. The molecule has 0 N–H and O–H groups in total. The van der Waals surface area contributed by atoms with Gasteiger partial charge in [0.05, 0.1) is 0 Å². The molecule has 2 heteroatoms. The molecule has 0 atom stereocenters. The van der Waals surface area contributed by atoms with E-state index >= 15 is 0 Å². The van der Waals surface area contributed by atoms with Crippen LogP contribution in [0, 0.1) is 6.92 Å². The number of allylic oxidation sites excluding steroid dienone is 5. The fourth-order valence-electron chi connectivity index (χ4n) is 2.89. The Bertz CT molecular complexity index is 853. The zero-order valence-corrected chi connectivity index (χ0v) is 13.2. The van der Waals surface area contributed by atoms with E-state index in [1.54, 1.807) is 24.3 Å². The van der Waals surface area contributed by atoms with Gasteiger partial charge in [0.2, 0.25) is 0 Å². The molecule has 0 amide bonds. The molecule has 0 spiro atoms. The minimum Gasteiger partial charge on any atom is -0.872 e. The molecule has 0 bridgehead atoms. The van der Waals surface area contributed by atoms with E-state index in [4.69, 9.17) is 0 Å². The maximum atomic E-state index is 11.6. The van der Waals surface area contributed by atoms with Crippen molar-refractivity contribution >= 4 is 11.4 Å². The molecular formula is C21H17O2-. The molecule has 0 fully saturated rings. The Kier molecular flexibility index (Phi) is 3.98. The number of benzene rings is 2. The third-order valence-electron chi connectivity index (χ3n) is 4.00. The molecule has 0 aromatic heterocycles. The van der Waals surface area contributed by atoms with Crippen molar-refractivity contribution in [1.82, 2.24) is 0 Å². The van der Waals surface area contributed by atoms with Gasteiger partial charge in [0.1, 0.15) is 0 Å². The van der Waals surface area contributed by atoms with E-state index in [9.17, 15) is 9.90 Å². The summed E-state index contributed by atoms with van der Waals surface area (Å²) >= 11 is 0. The van der Waals surface area contributed by atoms with Gasteiger partial charge in [-0.25, -0.2) is 0 Å². The van der Waals surface area contributed by atoms with Gasteiger partial charge in [0, 0.05) is 0 Å². The number of carbonyl (C=O) groups is 1. The van der Waals surface area contributed by atoms with E-state index in [-0.39, 0.29) is 11.5 Å². The molecule has 23 heavy (non-hydrogen) atoms. The highest BCUT2D eigenvalue weighted by Crippen LogP contribution is 2.34. The minimum atomic E-state index is 0.00490. The predicted octanol–water partition coefficient (Wildman–Crippen LogP) is 3.96. The second-order valence-electron chi connectivity index (χ2n) is 5.69. The molecule has 0 unspecified atom stereocenters. The van der Waals surface area contributed by atoms with Crippen molar-refractivity contribution in [3.05, 3.63) is 94.6 Å². The van der Waals surface area contributed by atoms with Crippen LogP contribution in [0.25, 0.3) is 5.57 Å². The van der Waals surface area contributed by atoms with Crippen LogP contribution in [0.5, 0.6) is 5.75 Å². The molecule has 1 aliphatic rings. The third kappa shape index (κ3) is 3.02. The largest absolute Gasteiger partial charge is 0.872 e. The second kappa shape index (κ2) is 6.09. The van der Waals surface area contributed by atoms with Crippen molar-refractivity contribution in [2.45, 2.75) is 13.8 Å². The van der Waals surface area contributed by atoms with Crippen molar-refractivity contribution in [2.24, 2.45) is 0 Å². The third-order valence-corrected chi connectivity index (χ3v) is 4.00. The van der Waals surface area contributed by atoms with Crippen LogP contribution in [0.1, 0.15) is 23.6 Å². The quantitative estimate of drug-likeness (QED) is 0.842. The summed E-state index contributed by atoms with van der Waals surface area (Å²) in [6.07, 6.45) is 5.10. The van der Waals surface area contributed by atoms with E-state index in [0.717, 1.165) is 33.4 Å². The van der Waals surface area contributed by atoms with Crippen molar-refractivity contribution in [1.29, 1.82) is 0 Å². The number of hydrogen-bond acceptors (Lipinski definition) is 2. The summed E-state index contributed by atoms with van der Waals surface area (Å²) in [6.45, 7) is 3.88. The first-order chi connectivity index (χ1) is 11.1. The number of carbonyl (C=O) groups excluding carboxylic acids is 1. The molecule has 2 nitrogen and oxygen atoms in total. The fourth-order valence-corrected chi connectivity index (χ4v) is 2.89. The lowest BCUT2D eigenvalue weighted by atomic mass is 9.86. The summed E-state index contributed by atoms with van der Waals surface area (Å²) in [5, 5.41) is 11.6. The summed E-state index contributed by atoms with van der Waals surface area (Å²) in [4.78, 5) is 11.6. The zero-order chi connectivity index (χ0) is 16.4. The van der Waals surface area contributed by atoms with Crippen molar-refractivity contribution in [2.75, 3.05) is 0 Å². The van der Waals surface area contributed by atoms with Crippen LogP contribution in [0.2, 0.25) is 0 Å². The first kappa shape index (κ1) is 15.0. The Morgan fingerprint density at radius 2 is 1.70 bits per heavy atom. The van der Waals surface area contributed by atoms with Gasteiger partial charge in [-0.3, -0.25) is 4.79 Å². The Hall–Kier alpha value is -2.87. The van der Waals surface area contributed by atoms with Crippen LogP contribution in [0.4, 0.5) is 0 Å². The highest BCUT2D eigenvalue weighted by Gasteiger charge is 2.16. The van der Waals surface area contributed by atoms with Gasteiger partial charge in [-0.15, -0.1) is 5.75 Å². The molecule has 0 saturated heterocycles. The molecule has 2 aromatic rings. The molecule has 114 valence electrons. The highest BCUT2D eigenvalue weighted by atomic mass is 16.3. The van der Waals surface area contributed by atoms with E-state index in [2.05, 4.69) is 0 Å².